The second-order valence-electron chi connectivity index (χ2n) is 7.36. The fourth-order valence-electron chi connectivity index (χ4n) is 3.61. The van der Waals surface area contributed by atoms with Crippen molar-refractivity contribution in [1.82, 2.24) is 15.5 Å². The van der Waals surface area contributed by atoms with Crippen molar-refractivity contribution in [2.45, 2.75) is 39.0 Å². The molecule has 0 saturated carbocycles. The van der Waals surface area contributed by atoms with E-state index < -0.39 is 0 Å². The van der Waals surface area contributed by atoms with Crippen molar-refractivity contribution in [1.29, 1.82) is 0 Å². The van der Waals surface area contributed by atoms with Gasteiger partial charge >= 0.3 is 0 Å². The van der Waals surface area contributed by atoms with E-state index in [1.807, 2.05) is 0 Å². The average molecular weight is 502 g/mol. The molecule has 1 saturated heterocycles. The molecule has 0 bridgehead atoms. The molecule has 0 radical (unpaired) electrons. The lowest BCUT2D eigenvalue weighted by Crippen LogP contribution is -2.39. The van der Waals surface area contributed by atoms with Crippen molar-refractivity contribution in [3.05, 3.63) is 35.9 Å². The normalized spacial score (nSPS) is 15.9. The molecule has 0 aromatic heterocycles. The van der Waals surface area contributed by atoms with Crippen LogP contribution in [0.4, 0.5) is 0 Å². The number of methoxy groups -OCH3 is 1. The SMILES string of the molecule is CCNC(=NCCCCN1CCC(Cc2ccccc2)CC1)NCCOC.I. The summed E-state index contributed by atoms with van der Waals surface area (Å²) in [5, 5.41) is 6.57. The van der Waals surface area contributed by atoms with Crippen LogP contribution in [0.25, 0.3) is 0 Å². The van der Waals surface area contributed by atoms with E-state index in [0.717, 1.165) is 37.9 Å². The highest BCUT2D eigenvalue weighted by molar-refractivity contribution is 14.0. The van der Waals surface area contributed by atoms with Gasteiger partial charge in [0.2, 0.25) is 0 Å². The first kappa shape index (κ1) is 25.2. The average Bonchev–Trinajstić information content (AvgIpc) is 2.70. The molecule has 1 fully saturated rings. The number of piperidine rings is 1. The van der Waals surface area contributed by atoms with Gasteiger partial charge in [-0.3, -0.25) is 4.99 Å². The zero-order valence-electron chi connectivity index (χ0n) is 17.7. The first-order valence-corrected chi connectivity index (χ1v) is 10.6. The topological polar surface area (TPSA) is 48.9 Å². The van der Waals surface area contributed by atoms with Gasteiger partial charge in [-0.05, 0) is 70.1 Å². The lowest BCUT2D eigenvalue weighted by Gasteiger charge is -2.32. The maximum atomic E-state index is 5.07. The van der Waals surface area contributed by atoms with Crippen LogP contribution in [0.5, 0.6) is 0 Å². The van der Waals surface area contributed by atoms with Crippen molar-refractivity contribution in [2.75, 3.05) is 53.0 Å². The first-order valence-electron chi connectivity index (χ1n) is 10.6. The molecule has 0 amide bonds. The van der Waals surface area contributed by atoms with Crippen LogP contribution in [-0.4, -0.2) is 63.8 Å². The van der Waals surface area contributed by atoms with E-state index in [4.69, 9.17) is 4.74 Å². The third-order valence-electron chi connectivity index (χ3n) is 5.17. The number of unbranched alkanes of at least 4 members (excludes halogenated alkanes) is 1. The summed E-state index contributed by atoms with van der Waals surface area (Å²) >= 11 is 0. The number of likely N-dealkylation sites (tertiary alicyclic amines) is 1. The van der Waals surface area contributed by atoms with Gasteiger partial charge in [-0.25, -0.2) is 0 Å². The van der Waals surface area contributed by atoms with E-state index in [9.17, 15) is 0 Å². The summed E-state index contributed by atoms with van der Waals surface area (Å²) in [7, 11) is 1.72. The van der Waals surface area contributed by atoms with Crippen LogP contribution in [0.3, 0.4) is 0 Å². The van der Waals surface area contributed by atoms with Gasteiger partial charge in [0.05, 0.1) is 6.61 Å². The predicted molar refractivity (Wildman–Crippen MR) is 130 cm³/mol. The number of halogens is 1. The number of hydrogen-bond acceptors (Lipinski definition) is 3. The molecule has 1 aromatic rings. The highest BCUT2D eigenvalue weighted by Crippen LogP contribution is 2.21. The van der Waals surface area contributed by atoms with E-state index >= 15 is 0 Å². The zero-order chi connectivity index (χ0) is 19.2. The number of nitrogens with one attached hydrogen (secondary N) is 2. The molecule has 1 heterocycles. The Hall–Kier alpha value is -0.860. The van der Waals surface area contributed by atoms with Crippen LogP contribution in [0.1, 0.15) is 38.2 Å². The summed E-state index contributed by atoms with van der Waals surface area (Å²) in [6.45, 7) is 9.06. The Morgan fingerprint density at radius 2 is 1.89 bits per heavy atom. The number of ether oxygens (including phenoxy) is 1. The van der Waals surface area contributed by atoms with Crippen LogP contribution in [0, 0.1) is 5.92 Å². The number of rotatable bonds is 11. The lowest BCUT2D eigenvalue weighted by molar-refractivity contribution is 0.181. The Kier molecular flexibility index (Phi) is 14.4. The number of aliphatic imine (C=N–C) groups is 1. The third-order valence-corrected chi connectivity index (χ3v) is 5.17. The fourth-order valence-corrected chi connectivity index (χ4v) is 3.61. The fraction of sp³-hybridized carbons (Fsp3) is 0.682. The van der Waals surface area contributed by atoms with E-state index in [-0.39, 0.29) is 24.0 Å². The van der Waals surface area contributed by atoms with Gasteiger partial charge in [-0.15, -0.1) is 24.0 Å². The molecule has 6 heteroatoms. The Morgan fingerprint density at radius 1 is 1.14 bits per heavy atom. The Morgan fingerprint density at radius 3 is 2.57 bits per heavy atom. The molecule has 1 aliphatic rings. The zero-order valence-corrected chi connectivity index (χ0v) is 20.0. The number of benzene rings is 1. The molecular weight excluding hydrogens is 463 g/mol. The second-order valence-corrected chi connectivity index (χ2v) is 7.36. The molecule has 0 atom stereocenters. The molecule has 160 valence electrons. The van der Waals surface area contributed by atoms with Crippen LogP contribution < -0.4 is 10.6 Å². The standard InChI is InChI=1S/C22H38N4O.HI/c1-3-23-22(25-14-18-27-2)24-13-7-8-15-26-16-11-21(12-17-26)19-20-9-5-4-6-10-20;/h4-6,9-10,21H,3,7-8,11-19H2,1-2H3,(H2,23,24,25);1H. The maximum absolute atomic E-state index is 5.07. The van der Waals surface area contributed by atoms with Gasteiger partial charge < -0.3 is 20.3 Å². The van der Waals surface area contributed by atoms with Crippen LogP contribution in [-0.2, 0) is 11.2 Å². The minimum absolute atomic E-state index is 0. The van der Waals surface area contributed by atoms with Gasteiger partial charge in [0.15, 0.2) is 5.96 Å². The summed E-state index contributed by atoms with van der Waals surface area (Å²) < 4.78 is 5.07. The minimum atomic E-state index is 0. The molecule has 1 aliphatic heterocycles. The van der Waals surface area contributed by atoms with Gasteiger partial charge in [0.25, 0.3) is 0 Å². The molecule has 2 N–H and O–H groups in total. The van der Waals surface area contributed by atoms with Crippen molar-refractivity contribution in [3.63, 3.8) is 0 Å². The highest BCUT2D eigenvalue weighted by atomic mass is 127. The summed E-state index contributed by atoms with van der Waals surface area (Å²) in [6.07, 6.45) is 6.28. The second kappa shape index (κ2) is 16.0. The van der Waals surface area contributed by atoms with E-state index in [0.29, 0.717) is 6.61 Å². The Bertz CT molecular complexity index is 519. The Labute approximate surface area is 188 Å². The predicted octanol–water partition coefficient (Wildman–Crippen LogP) is 3.54. The summed E-state index contributed by atoms with van der Waals surface area (Å²) in [5.41, 5.74) is 1.49. The van der Waals surface area contributed by atoms with Crippen molar-refractivity contribution >= 4 is 29.9 Å². The molecule has 1 aromatic carbocycles. The molecule has 5 nitrogen and oxygen atoms in total. The summed E-state index contributed by atoms with van der Waals surface area (Å²) in [5.74, 6) is 1.75. The first-order chi connectivity index (χ1) is 13.3. The van der Waals surface area contributed by atoms with Gasteiger partial charge in [0.1, 0.15) is 0 Å². The largest absolute Gasteiger partial charge is 0.383 e. The van der Waals surface area contributed by atoms with Crippen molar-refractivity contribution in [3.8, 4) is 0 Å². The smallest absolute Gasteiger partial charge is 0.191 e. The summed E-state index contributed by atoms with van der Waals surface area (Å²) in [4.78, 5) is 7.28. The van der Waals surface area contributed by atoms with Crippen molar-refractivity contribution in [2.24, 2.45) is 10.9 Å². The van der Waals surface area contributed by atoms with Gasteiger partial charge in [-0.1, -0.05) is 30.3 Å². The van der Waals surface area contributed by atoms with E-state index in [1.165, 1.54) is 50.9 Å². The molecule has 0 unspecified atom stereocenters. The van der Waals surface area contributed by atoms with Gasteiger partial charge in [-0.2, -0.15) is 0 Å². The van der Waals surface area contributed by atoms with E-state index in [1.54, 1.807) is 7.11 Å². The van der Waals surface area contributed by atoms with Crippen molar-refractivity contribution < 1.29 is 4.74 Å². The van der Waals surface area contributed by atoms with Gasteiger partial charge in [0, 0.05) is 26.7 Å². The minimum Gasteiger partial charge on any atom is -0.383 e. The van der Waals surface area contributed by atoms with Crippen LogP contribution in [0.2, 0.25) is 0 Å². The molecular formula is C22H39IN4O. The number of hydrogen-bond donors (Lipinski definition) is 2. The molecule has 2 rings (SSSR count). The van der Waals surface area contributed by atoms with Crippen LogP contribution >= 0.6 is 24.0 Å². The molecule has 0 spiro atoms. The lowest BCUT2D eigenvalue weighted by atomic mass is 9.90. The third kappa shape index (κ3) is 10.6. The molecule has 0 aliphatic carbocycles. The maximum Gasteiger partial charge on any atom is 0.191 e. The number of guanidine groups is 1. The van der Waals surface area contributed by atoms with Crippen LogP contribution in [0.15, 0.2) is 35.3 Å². The van der Waals surface area contributed by atoms with E-state index in [2.05, 4.69) is 57.8 Å². The summed E-state index contributed by atoms with van der Waals surface area (Å²) in [6, 6.07) is 10.9. The number of nitrogens with zero attached hydrogens (tertiary/aromatic N) is 2. The molecule has 28 heavy (non-hydrogen) atoms. The monoisotopic (exact) mass is 502 g/mol. The quantitative estimate of drug-likeness (QED) is 0.210. The highest BCUT2D eigenvalue weighted by Gasteiger charge is 2.18. The Balaban J connectivity index is 0.00000392.